The molecule has 0 bridgehead atoms. The molecule has 0 saturated carbocycles. The molecule has 0 saturated heterocycles. The van der Waals surface area contributed by atoms with Crippen molar-refractivity contribution in [3.05, 3.63) is 65.2 Å². The number of hydrogen-bond donors (Lipinski definition) is 0. The van der Waals surface area contributed by atoms with Crippen LogP contribution in [0.15, 0.2) is 53.6 Å². The molecule has 21 heavy (non-hydrogen) atoms. The summed E-state index contributed by atoms with van der Waals surface area (Å²) in [7, 11) is 0. The zero-order chi connectivity index (χ0) is 14.8. The zero-order valence-corrected chi connectivity index (χ0v) is 12.0. The van der Waals surface area contributed by atoms with Gasteiger partial charge in [0.15, 0.2) is 6.61 Å². The fraction of sp³-hybridized carbons (Fsp3) is 0.176. The molecule has 1 amide bonds. The van der Waals surface area contributed by atoms with Crippen LogP contribution in [0.5, 0.6) is 0 Å². The van der Waals surface area contributed by atoms with Crippen molar-refractivity contribution in [3.63, 3.8) is 0 Å². The van der Waals surface area contributed by atoms with Crippen LogP contribution in [0.2, 0.25) is 0 Å². The van der Waals surface area contributed by atoms with Gasteiger partial charge in [-0.15, -0.1) is 5.10 Å². The molecule has 2 aromatic carbocycles. The topological polar surface area (TPSA) is 41.9 Å². The van der Waals surface area contributed by atoms with Gasteiger partial charge in [0.05, 0.1) is 5.69 Å². The lowest BCUT2D eigenvalue weighted by Gasteiger charge is -2.25. The predicted molar refractivity (Wildman–Crippen MR) is 82.3 cm³/mol. The van der Waals surface area contributed by atoms with E-state index < -0.39 is 0 Å². The molecule has 1 aliphatic heterocycles. The average Bonchev–Trinajstić information content (AvgIpc) is 2.50. The molecule has 1 heterocycles. The standard InChI is InChI=1S/C17H16N2O2/c1-12-7-9-14(10-8-12)17-18-19(16(20)11-21-17)15-6-4-3-5-13(15)2/h3-10H,11H2,1-2H3. The smallest absolute Gasteiger partial charge is 0.285 e. The Morgan fingerprint density at radius 3 is 2.48 bits per heavy atom. The Labute approximate surface area is 123 Å². The number of amides is 1. The number of aryl methyl sites for hydroxylation is 2. The first-order chi connectivity index (χ1) is 10.1. The summed E-state index contributed by atoms with van der Waals surface area (Å²) in [5.74, 6) is 0.304. The molecular weight excluding hydrogens is 264 g/mol. The van der Waals surface area contributed by atoms with Crippen LogP contribution in [-0.4, -0.2) is 18.4 Å². The summed E-state index contributed by atoms with van der Waals surface area (Å²) in [6, 6.07) is 15.6. The summed E-state index contributed by atoms with van der Waals surface area (Å²) in [5.41, 5.74) is 3.82. The van der Waals surface area contributed by atoms with Gasteiger partial charge >= 0.3 is 0 Å². The maximum atomic E-state index is 12.1. The number of anilines is 1. The van der Waals surface area contributed by atoms with Gasteiger partial charge in [-0.1, -0.05) is 35.9 Å². The number of nitrogens with zero attached hydrogens (tertiary/aromatic N) is 2. The van der Waals surface area contributed by atoms with Gasteiger partial charge in [-0.2, -0.15) is 5.01 Å². The minimum atomic E-state index is -0.167. The summed E-state index contributed by atoms with van der Waals surface area (Å²) in [6.45, 7) is 3.98. The van der Waals surface area contributed by atoms with Gasteiger partial charge in [-0.3, -0.25) is 4.79 Å². The van der Waals surface area contributed by atoms with E-state index in [1.807, 2.05) is 62.4 Å². The number of hydrazone groups is 1. The maximum Gasteiger partial charge on any atom is 0.285 e. The Hall–Kier alpha value is -2.62. The number of benzene rings is 2. The van der Waals surface area contributed by atoms with E-state index in [1.54, 1.807) is 0 Å². The summed E-state index contributed by atoms with van der Waals surface area (Å²) in [6.07, 6.45) is 0. The molecule has 0 spiro atoms. The van der Waals surface area contributed by atoms with Crippen molar-refractivity contribution in [2.75, 3.05) is 11.6 Å². The quantitative estimate of drug-likeness (QED) is 0.848. The second-order valence-electron chi connectivity index (χ2n) is 5.05. The molecule has 0 unspecified atom stereocenters. The van der Waals surface area contributed by atoms with E-state index in [0.29, 0.717) is 5.90 Å². The van der Waals surface area contributed by atoms with Gasteiger partial charge < -0.3 is 4.74 Å². The largest absolute Gasteiger partial charge is 0.466 e. The lowest BCUT2D eigenvalue weighted by Crippen LogP contribution is -2.37. The van der Waals surface area contributed by atoms with Crippen LogP contribution in [0.3, 0.4) is 0 Å². The second-order valence-corrected chi connectivity index (χ2v) is 5.05. The van der Waals surface area contributed by atoms with Crippen LogP contribution in [0.25, 0.3) is 0 Å². The first kappa shape index (κ1) is 13.4. The van der Waals surface area contributed by atoms with E-state index in [4.69, 9.17) is 4.74 Å². The van der Waals surface area contributed by atoms with Crippen LogP contribution in [0.4, 0.5) is 5.69 Å². The van der Waals surface area contributed by atoms with Gasteiger partial charge in [0.1, 0.15) is 0 Å². The summed E-state index contributed by atoms with van der Waals surface area (Å²) >= 11 is 0. The molecule has 0 atom stereocenters. The van der Waals surface area contributed by atoms with Gasteiger partial charge in [0.25, 0.3) is 5.91 Å². The molecule has 0 fully saturated rings. The van der Waals surface area contributed by atoms with Gasteiger partial charge in [-0.05, 0) is 37.6 Å². The molecule has 106 valence electrons. The second kappa shape index (κ2) is 5.40. The fourth-order valence-corrected chi connectivity index (χ4v) is 2.19. The maximum absolute atomic E-state index is 12.1. The third-order valence-electron chi connectivity index (χ3n) is 3.40. The number of para-hydroxylation sites is 1. The molecule has 1 aliphatic rings. The van der Waals surface area contributed by atoms with Crippen molar-refractivity contribution in [1.29, 1.82) is 0 Å². The van der Waals surface area contributed by atoms with Crippen molar-refractivity contribution >= 4 is 17.5 Å². The number of carbonyl (C=O) groups is 1. The van der Waals surface area contributed by atoms with Crippen molar-refractivity contribution in [2.45, 2.75) is 13.8 Å². The summed E-state index contributed by atoms with van der Waals surface area (Å²) in [5, 5.41) is 5.80. The third-order valence-corrected chi connectivity index (χ3v) is 3.40. The Morgan fingerprint density at radius 1 is 1.05 bits per heavy atom. The van der Waals surface area contributed by atoms with E-state index in [1.165, 1.54) is 10.6 Å². The van der Waals surface area contributed by atoms with E-state index in [9.17, 15) is 4.79 Å². The third kappa shape index (κ3) is 2.65. The summed E-state index contributed by atoms with van der Waals surface area (Å²) in [4.78, 5) is 12.1. The van der Waals surface area contributed by atoms with E-state index >= 15 is 0 Å². The molecule has 4 heteroatoms. The lowest BCUT2D eigenvalue weighted by molar-refractivity contribution is -0.121. The zero-order valence-electron chi connectivity index (χ0n) is 12.0. The SMILES string of the molecule is Cc1ccc(C2=NN(c3ccccc3C)C(=O)CO2)cc1. The molecule has 2 aromatic rings. The molecule has 3 rings (SSSR count). The fourth-order valence-electron chi connectivity index (χ4n) is 2.19. The van der Waals surface area contributed by atoms with Crippen LogP contribution in [0.1, 0.15) is 16.7 Å². The molecule has 0 aromatic heterocycles. The predicted octanol–water partition coefficient (Wildman–Crippen LogP) is 3.03. The van der Waals surface area contributed by atoms with Crippen molar-refractivity contribution in [1.82, 2.24) is 0 Å². The number of hydrogen-bond acceptors (Lipinski definition) is 3. The average molecular weight is 280 g/mol. The highest BCUT2D eigenvalue weighted by Gasteiger charge is 2.24. The summed E-state index contributed by atoms with van der Waals surface area (Å²) < 4.78 is 5.47. The Morgan fingerprint density at radius 2 is 1.76 bits per heavy atom. The first-order valence-corrected chi connectivity index (χ1v) is 6.82. The van der Waals surface area contributed by atoms with Gasteiger partial charge in [0.2, 0.25) is 5.90 Å². The Balaban J connectivity index is 2.00. The van der Waals surface area contributed by atoms with Crippen molar-refractivity contribution in [2.24, 2.45) is 5.10 Å². The molecule has 0 radical (unpaired) electrons. The van der Waals surface area contributed by atoms with E-state index in [2.05, 4.69) is 5.10 Å². The van der Waals surface area contributed by atoms with Crippen LogP contribution in [-0.2, 0) is 9.53 Å². The normalized spacial score (nSPS) is 14.7. The van der Waals surface area contributed by atoms with Crippen LogP contribution < -0.4 is 5.01 Å². The number of rotatable bonds is 2. The number of carbonyl (C=O) groups excluding carboxylic acids is 1. The van der Waals surface area contributed by atoms with E-state index in [0.717, 1.165) is 16.8 Å². The van der Waals surface area contributed by atoms with Gasteiger partial charge in [0, 0.05) is 5.56 Å². The molecule has 4 nitrogen and oxygen atoms in total. The highest BCUT2D eigenvalue weighted by molar-refractivity contribution is 6.04. The highest BCUT2D eigenvalue weighted by Crippen LogP contribution is 2.23. The van der Waals surface area contributed by atoms with Crippen molar-refractivity contribution < 1.29 is 9.53 Å². The molecule has 0 N–H and O–H groups in total. The molecule has 0 aliphatic carbocycles. The van der Waals surface area contributed by atoms with Crippen LogP contribution >= 0.6 is 0 Å². The van der Waals surface area contributed by atoms with Crippen LogP contribution in [0, 0.1) is 13.8 Å². The molecular formula is C17H16N2O2. The first-order valence-electron chi connectivity index (χ1n) is 6.82. The van der Waals surface area contributed by atoms with E-state index in [-0.39, 0.29) is 12.5 Å². The Bertz CT molecular complexity index is 705. The minimum absolute atomic E-state index is 0.00104. The minimum Gasteiger partial charge on any atom is -0.466 e. The monoisotopic (exact) mass is 280 g/mol. The van der Waals surface area contributed by atoms with Gasteiger partial charge in [-0.25, -0.2) is 0 Å². The number of ether oxygens (including phenoxy) is 1. The highest BCUT2D eigenvalue weighted by atomic mass is 16.5. The Kier molecular flexibility index (Phi) is 3.44. The van der Waals surface area contributed by atoms with Crippen molar-refractivity contribution in [3.8, 4) is 0 Å². The lowest BCUT2D eigenvalue weighted by atomic mass is 10.1.